The maximum Gasteiger partial charge on any atom is 0.253 e. The molecule has 0 aromatic heterocycles. The fourth-order valence-electron chi connectivity index (χ4n) is 3.04. The lowest BCUT2D eigenvalue weighted by Gasteiger charge is -2.21. The van der Waals surface area contributed by atoms with Crippen LogP contribution in [0.4, 0.5) is 0 Å². The summed E-state index contributed by atoms with van der Waals surface area (Å²) >= 11 is 1.68. The van der Waals surface area contributed by atoms with Crippen LogP contribution in [0.25, 0.3) is 11.1 Å². The zero-order chi connectivity index (χ0) is 17.2. The number of amides is 1. The molecule has 0 unspecified atom stereocenters. The van der Waals surface area contributed by atoms with Crippen LogP contribution in [0.15, 0.2) is 53.4 Å². The summed E-state index contributed by atoms with van der Waals surface area (Å²) in [4.78, 5) is 15.5. The number of aliphatic hydroxyl groups excluding tert-OH is 1. The Morgan fingerprint density at radius 1 is 1.25 bits per heavy atom. The van der Waals surface area contributed by atoms with Crippen molar-refractivity contribution < 1.29 is 15.0 Å². The highest BCUT2D eigenvalue weighted by Crippen LogP contribution is 2.31. The minimum Gasteiger partial charge on any atom is -0.393 e. The topological polar surface area (TPSA) is 60.8 Å². The van der Waals surface area contributed by atoms with E-state index in [0.29, 0.717) is 18.5 Å². The van der Waals surface area contributed by atoms with Gasteiger partial charge in [-0.05, 0) is 42.0 Å². The predicted octanol–water partition coefficient (Wildman–Crippen LogP) is 2.64. The van der Waals surface area contributed by atoms with Gasteiger partial charge >= 0.3 is 0 Å². The lowest BCUT2D eigenvalue weighted by molar-refractivity contribution is -0.00455. The number of β-amino-alcohol motifs (C(OH)–C–C–N with tert-alkyl or cyclic N) is 1. The molecule has 1 saturated heterocycles. The smallest absolute Gasteiger partial charge is 0.253 e. The summed E-state index contributed by atoms with van der Waals surface area (Å²) in [5, 5.41) is 19.4. The average molecular weight is 343 g/mol. The molecule has 3 rings (SSSR count). The van der Waals surface area contributed by atoms with Gasteiger partial charge in [-0.1, -0.05) is 30.3 Å². The van der Waals surface area contributed by atoms with Crippen molar-refractivity contribution in [1.29, 1.82) is 0 Å². The molecule has 1 amide bonds. The zero-order valence-electron chi connectivity index (χ0n) is 13.6. The summed E-state index contributed by atoms with van der Waals surface area (Å²) in [5.41, 5.74) is 1.54. The summed E-state index contributed by atoms with van der Waals surface area (Å²) < 4.78 is 0. The van der Waals surface area contributed by atoms with Gasteiger partial charge in [-0.2, -0.15) is 0 Å². The molecule has 2 aromatic rings. The Morgan fingerprint density at radius 2 is 2.04 bits per heavy atom. The molecule has 5 heteroatoms. The average Bonchev–Trinajstić information content (AvgIpc) is 3.04. The van der Waals surface area contributed by atoms with Gasteiger partial charge in [-0.3, -0.25) is 4.79 Å². The lowest BCUT2D eigenvalue weighted by atomic mass is 10.0. The van der Waals surface area contributed by atoms with Crippen LogP contribution in [0, 0.1) is 0 Å². The van der Waals surface area contributed by atoms with Crippen LogP contribution >= 0.6 is 11.8 Å². The van der Waals surface area contributed by atoms with Crippen molar-refractivity contribution in [3.8, 4) is 11.1 Å². The van der Waals surface area contributed by atoms with Crippen molar-refractivity contribution in [1.82, 2.24) is 4.90 Å². The van der Waals surface area contributed by atoms with E-state index in [1.165, 1.54) is 0 Å². The van der Waals surface area contributed by atoms with Crippen LogP contribution in [0.3, 0.4) is 0 Å². The Kier molecular flexibility index (Phi) is 4.94. The standard InChI is InChI=1S/C19H21NO3S/c1-24-17-8-3-2-7-16(17)14-5-4-6-15(11-14)18(22)20-10-9-19(23,12-20)13-21/h2-8,11,21,23H,9-10,12-13H2,1H3/t19-/m1/s1. The molecule has 1 heterocycles. The number of nitrogens with zero attached hydrogens (tertiary/aromatic N) is 1. The van der Waals surface area contributed by atoms with E-state index in [0.717, 1.165) is 16.0 Å². The monoisotopic (exact) mass is 343 g/mol. The first kappa shape index (κ1) is 17.0. The van der Waals surface area contributed by atoms with E-state index in [1.807, 2.05) is 36.6 Å². The highest BCUT2D eigenvalue weighted by atomic mass is 32.2. The van der Waals surface area contributed by atoms with E-state index in [1.54, 1.807) is 22.7 Å². The van der Waals surface area contributed by atoms with Gasteiger partial charge in [-0.25, -0.2) is 0 Å². The first-order chi connectivity index (χ1) is 11.6. The molecule has 0 bridgehead atoms. The molecule has 0 radical (unpaired) electrons. The fourth-order valence-corrected chi connectivity index (χ4v) is 3.66. The Labute approximate surface area is 146 Å². The van der Waals surface area contributed by atoms with Gasteiger partial charge in [0.15, 0.2) is 0 Å². The highest BCUT2D eigenvalue weighted by molar-refractivity contribution is 7.98. The van der Waals surface area contributed by atoms with Crippen molar-refractivity contribution in [2.24, 2.45) is 0 Å². The number of benzene rings is 2. The number of thioether (sulfide) groups is 1. The molecule has 0 saturated carbocycles. The van der Waals surface area contributed by atoms with E-state index in [2.05, 4.69) is 12.1 Å². The number of likely N-dealkylation sites (tertiary alicyclic amines) is 1. The minimum atomic E-state index is -1.17. The third-order valence-electron chi connectivity index (χ3n) is 4.44. The van der Waals surface area contributed by atoms with Gasteiger partial charge in [-0.15, -0.1) is 11.8 Å². The molecule has 1 aliphatic rings. The number of rotatable bonds is 4. The van der Waals surface area contributed by atoms with Gasteiger partial charge in [0.1, 0.15) is 5.60 Å². The quantitative estimate of drug-likeness (QED) is 0.838. The van der Waals surface area contributed by atoms with Crippen molar-refractivity contribution >= 4 is 17.7 Å². The highest BCUT2D eigenvalue weighted by Gasteiger charge is 2.37. The van der Waals surface area contributed by atoms with E-state index < -0.39 is 5.60 Å². The van der Waals surface area contributed by atoms with Gasteiger partial charge in [0, 0.05) is 17.0 Å². The molecular weight excluding hydrogens is 322 g/mol. The Morgan fingerprint density at radius 3 is 2.75 bits per heavy atom. The number of hydrogen-bond donors (Lipinski definition) is 2. The van der Waals surface area contributed by atoms with Crippen LogP contribution in [-0.2, 0) is 0 Å². The zero-order valence-corrected chi connectivity index (χ0v) is 14.4. The first-order valence-electron chi connectivity index (χ1n) is 7.92. The Bertz CT molecular complexity index is 749. The number of carbonyl (C=O) groups is 1. The third-order valence-corrected chi connectivity index (χ3v) is 5.24. The van der Waals surface area contributed by atoms with Crippen LogP contribution < -0.4 is 0 Å². The predicted molar refractivity (Wildman–Crippen MR) is 96.2 cm³/mol. The number of hydrogen-bond acceptors (Lipinski definition) is 4. The maximum absolute atomic E-state index is 12.7. The largest absolute Gasteiger partial charge is 0.393 e. The molecule has 24 heavy (non-hydrogen) atoms. The molecular formula is C19H21NO3S. The van der Waals surface area contributed by atoms with Crippen molar-refractivity contribution in [3.05, 3.63) is 54.1 Å². The van der Waals surface area contributed by atoms with Gasteiger partial charge in [0.05, 0.1) is 13.2 Å². The SMILES string of the molecule is CSc1ccccc1-c1cccc(C(=O)N2CC[C@](O)(CO)C2)c1. The van der Waals surface area contributed by atoms with Crippen LogP contribution in [0.2, 0.25) is 0 Å². The molecule has 4 nitrogen and oxygen atoms in total. The molecule has 0 aliphatic carbocycles. The molecule has 2 N–H and O–H groups in total. The molecule has 0 spiro atoms. The summed E-state index contributed by atoms with van der Waals surface area (Å²) in [7, 11) is 0. The van der Waals surface area contributed by atoms with Crippen molar-refractivity contribution in [2.45, 2.75) is 16.9 Å². The van der Waals surface area contributed by atoms with Crippen LogP contribution in [0.5, 0.6) is 0 Å². The number of carbonyl (C=O) groups excluding carboxylic acids is 1. The summed E-state index contributed by atoms with van der Waals surface area (Å²) in [6, 6.07) is 15.7. The van der Waals surface area contributed by atoms with Crippen molar-refractivity contribution in [2.75, 3.05) is 26.0 Å². The number of aliphatic hydroxyl groups is 2. The van der Waals surface area contributed by atoms with Gasteiger partial charge < -0.3 is 15.1 Å². The lowest BCUT2D eigenvalue weighted by Crippen LogP contribution is -2.38. The first-order valence-corrected chi connectivity index (χ1v) is 9.15. The molecule has 1 aliphatic heterocycles. The normalized spacial score (nSPS) is 20.4. The fraction of sp³-hybridized carbons (Fsp3) is 0.316. The van der Waals surface area contributed by atoms with Crippen LogP contribution in [0.1, 0.15) is 16.8 Å². The van der Waals surface area contributed by atoms with E-state index in [4.69, 9.17) is 0 Å². The summed E-state index contributed by atoms with van der Waals surface area (Å²) in [5.74, 6) is -0.108. The molecule has 1 atom stereocenters. The third kappa shape index (κ3) is 3.34. The summed E-state index contributed by atoms with van der Waals surface area (Å²) in [6.07, 6.45) is 2.44. The summed E-state index contributed by atoms with van der Waals surface area (Å²) in [6.45, 7) is 0.313. The Balaban J connectivity index is 1.87. The Hall–Kier alpha value is -1.82. The molecule has 2 aromatic carbocycles. The van der Waals surface area contributed by atoms with Gasteiger partial charge in [0.2, 0.25) is 0 Å². The van der Waals surface area contributed by atoms with E-state index >= 15 is 0 Å². The molecule has 1 fully saturated rings. The van der Waals surface area contributed by atoms with Crippen LogP contribution in [-0.4, -0.2) is 52.6 Å². The second kappa shape index (κ2) is 6.97. The van der Waals surface area contributed by atoms with Gasteiger partial charge in [0.25, 0.3) is 5.91 Å². The maximum atomic E-state index is 12.7. The van der Waals surface area contributed by atoms with E-state index in [-0.39, 0.29) is 19.1 Å². The second-order valence-corrected chi connectivity index (χ2v) is 6.99. The van der Waals surface area contributed by atoms with E-state index in [9.17, 15) is 15.0 Å². The van der Waals surface area contributed by atoms with Crippen molar-refractivity contribution in [3.63, 3.8) is 0 Å². The second-order valence-electron chi connectivity index (χ2n) is 6.14. The minimum absolute atomic E-state index is 0.108. The molecule has 126 valence electrons.